The van der Waals surface area contributed by atoms with E-state index in [1.54, 1.807) is 7.05 Å². The molecule has 0 radical (unpaired) electrons. The van der Waals surface area contributed by atoms with Crippen LogP contribution < -0.4 is 9.64 Å². The van der Waals surface area contributed by atoms with E-state index in [1.165, 1.54) is 33.3 Å². The third-order valence-electron chi connectivity index (χ3n) is 4.30. The largest absolute Gasteiger partial charge is 0.490 e. The predicted molar refractivity (Wildman–Crippen MR) is 121 cm³/mol. The number of halogens is 3. The Hall–Kier alpha value is -1.81. The van der Waals surface area contributed by atoms with Crippen molar-refractivity contribution in [1.29, 1.82) is 0 Å². The van der Waals surface area contributed by atoms with Crippen LogP contribution in [-0.2, 0) is 14.9 Å². The smallest absolute Gasteiger partial charge is 0.329 e. The van der Waals surface area contributed by atoms with Gasteiger partial charge in [0.2, 0.25) is 11.4 Å². The number of carbonyl (C=O) groups excluding carboxylic acids is 2. The Morgan fingerprint density at radius 2 is 1.87 bits per heavy atom. The highest BCUT2D eigenvalue weighted by atomic mass is 35.5. The molecule has 1 aliphatic heterocycles. The number of urea groups is 1. The molecule has 1 aromatic heterocycles. The van der Waals surface area contributed by atoms with Gasteiger partial charge >= 0.3 is 12.0 Å². The van der Waals surface area contributed by atoms with Crippen molar-refractivity contribution in [3.8, 4) is 5.75 Å². The molecule has 1 saturated heterocycles. The molecule has 1 aromatic carbocycles. The van der Waals surface area contributed by atoms with Crippen LogP contribution in [0.5, 0.6) is 5.75 Å². The molecule has 1 unspecified atom stereocenters. The van der Waals surface area contributed by atoms with Gasteiger partial charge in [-0.1, -0.05) is 66.9 Å². The maximum atomic E-state index is 12.6. The van der Waals surface area contributed by atoms with E-state index in [2.05, 4.69) is 10.2 Å². The Bertz CT molecular complexity index is 972. The van der Waals surface area contributed by atoms with Gasteiger partial charge in [-0.15, -0.1) is 10.2 Å². The summed E-state index contributed by atoms with van der Waals surface area (Å²) in [6.45, 7) is 6.22. The number of aromatic nitrogens is 2. The second-order valence-corrected chi connectivity index (χ2v) is 10.1. The summed E-state index contributed by atoms with van der Waals surface area (Å²) in [4.78, 5) is 27.8. The van der Waals surface area contributed by atoms with Gasteiger partial charge in [0, 0.05) is 17.5 Å². The molecule has 0 saturated carbocycles. The van der Waals surface area contributed by atoms with Crippen LogP contribution in [0.15, 0.2) is 12.1 Å². The van der Waals surface area contributed by atoms with Crippen LogP contribution in [0.3, 0.4) is 0 Å². The third-order valence-corrected chi connectivity index (χ3v) is 6.42. The fourth-order valence-electron chi connectivity index (χ4n) is 2.73. The number of carbonyl (C=O) groups is 2. The summed E-state index contributed by atoms with van der Waals surface area (Å²) < 4.78 is 11.0. The van der Waals surface area contributed by atoms with Crippen LogP contribution >= 0.6 is 46.1 Å². The molecule has 31 heavy (non-hydrogen) atoms. The molecular weight excluding hydrogens is 487 g/mol. The lowest BCUT2D eigenvalue weighted by Crippen LogP contribution is -2.37. The lowest BCUT2D eigenvalue weighted by atomic mass is 9.98. The van der Waals surface area contributed by atoms with Crippen molar-refractivity contribution in [1.82, 2.24) is 15.1 Å². The quantitative estimate of drug-likeness (QED) is 0.511. The molecule has 168 valence electrons. The van der Waals surface area contributed by atoms with Gasteiger partial charge in [-0.2, -0.15) is 0 Å². The molecule has 1 aliphatic rings. The standard InChI is InChI=1S/C19H21Cl3N4O4S/c1-19(2,3)16-23-24-17(31-16)26-13(9-25(4)18(26)28)30-14(27)5-6-29-15-11(21)7-10(20)8-12(15)22/h7-8,13H,5-6,9H2,1-4H3. The molecular formula is C19H21Cl3N4O4S. The Labute approximate surface area is 199 Å². The average Bonchev–Trinajstić information content (AvgIpc) is 3.22. The fraction of sp³-hybridized carbons (Fsp3) is 0.474. The molecule has 0 bridgehead atoms. The topological polar surface area (TPSA) is 84.9 Å². The van der Waals surface area contributed by atoms with Gasteiger partial charge < -0.3 is 14.4 Å². The second-order valence-electron chi connectivity index (χ2n) is 7.91. The number of amides is 2. The van der Waals surface area contributed by atoms with Crippen LogP contribution in [0.25, 0.3) is 0 Å². The summed E-state index contributed by atoms with van der Waals surface area (Å²) in [5.74, 6) is -0.304. The Balaban J connectivity index is 1.63. The molecule has 2 aromatic rings. The van der Waals surface area contributed by atoms with Gasteiger partial charge in [-0.25, -0.2) is 9.69 Å². The molecule has 2 heterocycles. The molecule has 8 nitrogen and oxygen atoms in total. The van der Waals surface area contributed by atoms with E-state index >= 15 is 0 Å². The van der Waals surface area contributed by atoms with Crippen LogP contribution in [0.2, 0.25) is 15.1 Å². The Kier molecular flexibility index (Phi) is 7.20. The summed E-state index contributed by atoms with van der Waals surface area (Å²) in [7, 11) is 1.63. The number of nitrogens with zero attached hydrogens (tertiary/aromatic N) is 4. The zero-order valence-corrected chi connectivity index (χ0v) is 20.4. The Morgan fingerprint density at radius 3 is 2.45 bits per heavy atom. The number of hydrogen-bond acceptors (Lipinski definition) is 7. The molecule has 0 spiro atoms. The lowest BCUT2D eigenvalue weighted by Gasteiger charge is -2.20. The lowest BCUT2D eigenvalue weighted by molar-refractivity contribution is -0.148. The highest BCUT2D eigenvalue weighted by molar-refractivity contribution is 7.15. The summed E-state index contributed by atoms with van der Waals surface area (Å²) in [5.41, 5.74) is -0.210. The van der Waals surface area contributed by atoms with Crippen molar-refractivity contribution in [2.45, 2.75) is 38.8 Å². The molecule has 1 atom stereocenters. The minimum absolute atomic E-state index is 0.0105. The van der Waals surface area contributed by atoms with E-state index in [4.69, 9.17) is 44.3 Å². The zero-order valence-electron chi connectivity index (χ0n) is 17.3. The van der Waals surface area contributed by atoms with E-state index in [0.29, 0.717) is 10.2 Å². The van der Waals surface area contributed by atoms with Gasteiger partial charge in [0.25, 0.3) is 0 Å². The molecule has 0 aliphatic carbocycles. The maximum Gasteiger partial charge on any atom is 0.329 e. The van der Waals surface area contributed by atoms with Crippen molar-refractivity contribution >= 4 is 63.3 Å². The third kappa shape index (κ3) is 5.52. The fourth-order valence-corrected chi connectivity index (χ4v) is 4.59. The first-order valence-electron chi connectivity index (χ1n) is 9.32. The SMILES string of the molecule is CN1CC(OC(=O)CCOc2c(Cl)cc(Cl)cc2Cl)N(c2nnc(C(C)(C)C)s2)C1=O. The Morgan fingerprint density at radius 1 is 1.23 bits per heavy atom. The van der Waals surface area contributed by atoms with Crippen LogP contribution in [-0.4, -0.2) is 53.5 Å². The number of hydrogen-bond donors (Lipinski definition) is 0. The summed E-state index contributed by atoms with van der Waals surface area (Å²) >= 11 is 19.3. The van der Waals surface area contributed by atoms with Crippen LogP contribution in [0.4, 0.5) is 9.93 Å². The minimum atomic E-state index is -0.812. The number of ether oxygens (including phenoxy) is 2. The van der Waals surface area contributed by atoms with Gasteiger partial charge in [-0.05, 0) is 12.1 Å². The van der Waals surface area contributed by atoms with Gasteiger partial charge in [-0.3, -0.25) is 4.79 Å². The van der Waals surface area contributed by atoms with E-state index < -0.39 is 12.2 Å². The van der Waals surface area contributed by atoms with Gasteiger partial charge in [0.05, 0.1) is 29.6 Å². The summed E-state index contributed by atoms with van der Waals surface area (Å²) in [6.07, 6.45) is -0.880. The number of esters is 1. The number of likely N-dealkylation sites (N-methyl/N-ethyl adjacent to an activating group) is 1. The molecule has 12 heteroatoms. The highest BCUT2D eigenvalue weighted by Crippen LogP contribution is 2.36. The first-order chi connectivity index (χ1) is 14.5. The highest BCUT2D eigenvalue weighted by Gasteiger charge is 2.41. The van der Waals surface area contributed by atoms with Crippen molar-refractivity contribution in [3.05, 3.63) is 32.2 Å². The van der Waals surface area contributed by atoms with E-state index in [0.717, 1.165) is 5.01 Å². The predicted octanol–water partition coefficient (Wildman–Crippen LogP) is 5.01. The van der Waals surface area contributed by atoms with Crippen molar-refractivity contribution in [3.63, 3.8) is 0 Å². The summed E-state index contributed by atoms with van der Waals surface area (Å²) in [6, 6.07) is 2.67. The van der Waals surface area contributed by atoms with Crippen LogP contribution in [0, 0.1) is 0 Å². The minimum Gasteiger partial charge on any atom is -0.490 e. The van der Waals surface area contributed by atoms with Crippen LogP contribution in [0.1, 0.15) is 32.2 Å². The first kappa shape index (κ1) is 23.8. The van der Waals surface area contributed by atoms with Crippen molar-refractivity contribution in [2.24, 2.45) is 0 Å². The maximum absolute atomic E-state index is 12.6. The number of rotatable bonds is 6. The van der Waals surface area contributed by atoms with Gasteiger partial charge in [0.15, 0.2) is 5.75 Å². The number of anilines is 1. The normalized spacial score (nSPS) is 16.7. The van der Waals surface area contributed by atoms with Crippen molar-refractivity contribution < 1.29 is 19.1 Å². The van der Waals surface area contributed by atoms with E-state index in [-0.39, 0.29) is 46.8 Å². The molecule has 3 rings (SSSR count). The molecule has 0 N–H and O–H groups in total. The van der Waals surface area contributed by atoms with Crippen molar-refractivity contribution in [2.75, 3.05) is 25.1 Å². The number of benzene rings is 1. The molecule has 2 amide bonds. The van der Waals surface area contributed by atoms with E-state index in [1.807, 2.05) is 20.8 Å². The summed E-state index contributed by atoms with van der Waals surface area (Å²) in [5, 5.41) is 10.3. The zero-order chi connectivity index (χ0) is 22.9. The van der Waals surface area contributed by atoms with Gasteiger partial charge in [0.1, 0.15) is 5.01 Å². The first-order valence-corrected chi connectivity index (χ1v) is 11.3. The average molecular weight is 508 g/mol. The second kappa shape index (κ2) is 9.36. The van der Waals surface area contributed by atoms with E-state index in [9.17, 15) is 9.59 Å². The molecule has 1 fully saturated rings. The monoisotopic (exact) mass is 506 g/mol.